The lowest BCUT2D eigenvalue weighted by atomic mass is 9.98. The Labute approximate surface area is 118 Å². The first-order chi connectivity index (χ1) is 9.14. The summed E-state index contributed by atoms with van der Waals surface area (Å²) in [5, 5.41) is 3.36. The van der Waals surface area contributed by atoms with Crippen molar-refractivity contribution in [1.29, 1.82) is 0 Å². The molecular weight excluding hydrogens is 260 g/mol. The molecule has 0 bridgehead atoms. The van der Waals surface area contributed by atoms with Gasteiger partial charge in [-0.25, -0.2) is 12.7 Å². The van der Waals surface area contributed by atoms with Crippen LogP contribution >= 0.6 is 0 Å². The Hall–Kier alpha value is -0.130. The Bertz CT molecular complexity index is 356. The summed E-state index contributed by atoms with van der Waals surface area (Å²) < 4.78 is 26.7. The van der Waals surface area contributed by atoms with Gasteiger partial charge >= 0.3 is 0 Å². The van der Waals surface area contributed by atoms with Gasteiger partial charge in [-0.15, -0.1) is 0 Å². The maximum Gasteiger partial charge on any atom is 0.216 e. The Balaban J connectivity index is 1.79. The molecule has 0 aromatic heterocycles. The van der Waals surface area contributed by atoms with Crippen molar-refractivity contribution in [3.63, 3.8) is 0 Å². The summed E-state index contributed by atoms with van der Waals surface area (Å²) in [5.74, 6) is 0.654. The van der Waals surface area contributed by atoms with Crippen LogP contribution in [0.15, 0.2) is 0 Å². The van der Waals surface area contributed by atoms with E-state index in [2.05, 4.69) is 12.2 Å². The van der Waals surface area contributed by atoms with Crippen molar-refractivity contribution in [2.75, 3.05) is 26.2 Å². The van der Waals surface area contributed by atoms with E-state index in [9.17, 15) is 8.42 Å². The number of sulfonamides is 1. The molecule has 0 spiro atoms. The molecule has 0 atom stereocenters. The summed E-state index contributed by atoms with van der Waals surface area (Å²) in [6.45, 7) is 5.75. The Morgan fingerprint density at radius 3 is 2.32 bits per heavy atom. The van der Waals surface area contributed by atoms with Gasteiger partial charge in [-0.2, -0.15) is 0 Å². The number of hydrogen-bond donors (Lipinski definition) is 1. The highest BCUT2D eigenvalue weighted by Gasteiger charge is 2.35. The molecule has 5 heteroatoms. The lowest BCUT2D eigenvalue weighted by Gasteiger charge is -2.33. The van der Waals surface area contributed by atoms with Crippen molar-refractivity contribution < 1.29 is 8.42 Å². The van der Waals surface area contributed by atoms with Crippen molar-refractivity contribution in [2.24, 2.45) is 5.92 Å². The van der Waals surface area contributed by atoms with Crippen LogP contribution in [0.4, 0.5) is 0 Å². The molecule has 1 heterocycles. The first-order valence-corrected chi connectivity index (χ1v) is 9.34. The molecule has 2 fully saturated rings. The first-order valence-electron chi connectivity index (χ1n) is 7.84. The zero-order chi connectivity index (χ0) is 13.7. The maximum absolute atomic E-state index is 12.5. The average Bonchev–Trinajstić information content (AvgIpc) is 2.94. The van der Waals surface area contributed by atoms with E-state index < -0.39 is 10.0 Å². The predicted octanol–water partition coefficient (Wildman–Crippen LogP) is 1.97. The summed E-state index contributed by atoms with van der Waals surface area (Å²) in [6, 6.07) is 0. The number of nitrogens with one attached hydrogen (secondary N) is 1. The Morgan fingerprint density at radius 1 is 1.11 bits per heavy atom. The molecule has 1 aliphatic carbocycles. The van der Waals surface area contributed by atoms with Gasteiger partial charge in [0, 0.05) is 13.1 Å². The van der Waals surface area contributed by atoms with Crippen molar-refractivity contribution in [3.05, 3.63) is 0 Å². The molecule has 1 aliphatic heterocycles. The van der Waals surface area contributed by atoms with Crippen LogP contribution in [-0.4, -0.2) is 44.2 Å². The third-order valence-electron chi connectivity index (χ3n) is 4.52. The standard InChI is InChI=1S/C14H28N2O2S/c1-2-9-15-12-13-7-10-16(11-8-13)19(17,18)14-5-3-4-6-14/h13-15H,2-12H2,1H3. The third-order valence-corrected chi connectivity index (χ3v) is 6.92. The fraction of sp³-hybridized carbons (Fsp3) is 1.00. The molecule has 0 radical (unpaired) electrons. The number of nitrogens with zero attached hydrogens (tertiary/aromatic N) is 1. The molecule has 1 saturated carbocycles. The highest BCUT2D eigenvalue weighted by atomic mass is 32.2. The normalized spacial score (nSPS) is 24.1. The Morgan fingerprint density at radius 2 is 1.74 bits per heavy atom. The molecule has 0 amide bonds. The fourth-order valence-electron chi connectivity index (χ4n) is 3.25. The van der Waals surface area contributed by atoms with E-state index in [0.29, 0.717) is 5.92 Å². The van der Waals surface area contributed by atoms with Crippen LogP contribution < -0.4 is 5.32 Å². The largest absolute Gasteiger partial charge is 0.316 e. The van der Waals surface area contributed by atoms with Crippen LogP contribution in [-0.2, 0) is 10.0 Å². The van der Waals surface area contributed by atoms with E-state index in [0.717, 1.165) is 71.1 Å². The highest BCUT2D eigenvalue weighted by molar-refractivity contribution is 7.89. The molecule has 1 N–H and O–H groups in total. The molecule has 19 heavy (non-hydrogen) atoms. The van der Waals surface area contributed by atoms with Gasteiger partial charge in [-0.1, -0.05) is 19.8 Å². The van der Waals surface area contributed by atoms with E-state index >= 15 is 0 Å². The number of piperidine rings is 1. The molecule has 0 aromatic rings. The van der Waals surface area contributed by atoms with E-state index in [1.54, 1.807) is 4.31 Å². The van der Waals surface area contributed by atoms with Gasteiger partial charge < -0.3 is 5.32 Å². The second-order valence-electron chi connectivity index (χ2n) is 6.00. The Kier molecular flexibility index (Phi) is 5.66. The fourth-order valence-corrected chi connectivity index (χ4v) is 5.32. The molecular formula is C14H28N2O2S. The number of rotatable bonds is 6. The molecule has 4 nitrogen and oxygen atoms in total. The minimum atomic E-state index is -3.00. The van der Waals surface area contributed by atoms with Crippen molar-refractivity contribution in [1.82, 2.24) is 9.62 Å². The van der Waals surface area contributed by atoms with E-state index in [-0.39, 0.29) is 5.25 Å². The van der Waals surface area contributed by atoms with E-state index in [1.807, 2.05) is 0 Å². The summed E-state index contributed by atoms with van der Waals surface area (Å²) in [5.41, 5.74) is 0. The minimum absolute atomic E-state index is 0.0812. The summed E-state index contributed by atoms with van der Waals surface area (Å²) in [4.78, 5) is 0. The van der Waals surface area contributed by atoms with Crippen molar-refractivity contribution >= 4 is 10.0 Å². The van der Waals surface area contributed by atoms with Crippen LogP contribution in [0.1, 0.15) is 51.9 Å². The molecule has 0 unspecified atom stereocenters. The van der Waals surface area contributed by atoms with Gasteiger partial charge in [0.15, 0.2) is 0 Å². The number of hydrogen-bond acceptors (Lipinski definition) is 3. The smallest absolute Gasteiger partial charge is 0.216 e. The zero-order valence-electron chi connectivity index (χ0n) is 12.1. The summed E-state index contributed by atoms with van der Waals surface area (Å²) >= 11 is 0. The van der Waals surface area contributed by atoms with Crippen molar-refractivity contribution in [3.8, 4) is 0 Å². The first kappa shape index (κ1) is 15.3. The summed E-state index contributed by atoms with van der Waals surface area (Å²) in [7, 11) is -3.00. The average molecular weight is 288 g/mol. The molecule has 2 aliphatic rings. The quantitative estimate of drug-likeness (QED) is 0.760. The van der Waals surface area contributed by atoms with Gasteiger partial charge in [0.2, 0.25) is 10.0 Å². The molecule has 1 saturated heterocycles. The second kappa shape index (κ2) is 7.04. The lowest BCUT2D eigenvalue weighted by Crippen LogP contribution is -2.44. The zero-order valence-corrected chi connectivity index (χ0v) is 12.9. The van der Waals surface area contributed by atoms with Gasteiger partial charge in [0.25, 0.3) is 0 Å². The topological polar surface area (TPSA) is 49.4 Å². The molecule has 112 valence electrons. The summed E-state index contributed by atoms with van der Waals surface area (Å²) in [6.07, 6.45) is 7.11. The predicted molar refractivity (Wildman–Crippen MR) is 78.6 cm³/mol. The highest BCUT2D eigenvalue weighted by Crippen LogP contribution is 2.29. The van der Waals surface area contributed by atoms with E-state index in [4.69, 9.17) is 0 Å². The van der Waals surface area contributed by atoms with Crippen LogP contribution in [0.5, 0.6) is 0 Å². The van der Waals surface area contributed by atoms with Gasteiger partial charge in [0.05, 0.1) is 5.25 Å². The minimum Gasteiger partial charge on any atom is -0.316 e. The van der Waals surface area contributed by atoms with Crippen LogP contribution in [0.3, 0.4) is 0 Å². The monoisotopic (exact) mass is 288 g/mol. The SMILES string of the molecule is CCCNCC1CCN(S(=O)(=O)C2CCCC2)CC1. The van der Waals surface area contributed by atoms with Gasteiger partial charge in [-0.3, -0.25) is 0 Å². The van der Waals surface area contributed by atoms with Crippen LogP contribution in [0.25, 0.3) is 0 Å². The third kappa shape index (κ3) is 3.92. The molecule has 0 aromatic carbocycles. The van der Waals surface area contributed by atoms with Crippen LogP contribution in [0, 0.1) is 5.92 Å². The van der Waals surface area contributed by atoms with Gasteiger partial charge in [0.1, 0.15) is 0 Å². The van der Waals surface area contributed by atoms with Gasteiger partial charge in [-0.05, 0) is 51.1 Å². The van der Waals surface area contributed by atoms with Crippen LogP contribution in [0.2, 0.25) is 0 Å². The molecule has 2 rings (SSSR count). The van der Waals surface area contributed by atoms with Crippen molar-refractivity contribution in [2.45, 2.75) is 57.1 Å². The second-order valence-corrected chi connectivity index (χ2v) is 8.21. The maximum atomic E-state index is 12.5. The lowest BCUT2D eigenvalue weighted by molar-refractivity contribution is 0.265. The van der Waals surface area contributed by atoms with E-state index in [1.165, 1.54) is 0 Å².